The molecule has 0 bridgehead atoms. The normalized spacial score (nSPS) is 16.7. The highest BCUT2D eigenvalue weighted by Crippen LogP contribution is 2.19. The molecule has 3 amide bonds. The van der Waals surface area contributed by atoms with Crippen LogP contribution in [0.5, 0.6) is 0 Å². The third kappa shape index (κ3) is 5.56. The Hall–Kier alpha value is -1.85. The van der Waals surface area contributed by atoms with E-state index in [2.05, 4.69) is 5.32 Å². The van der Waals surface area contributed by atoms with Gasteiger partial charge in [0.05, 0.1) is 4.90 Å². The number of benzene rings is 1. The highest BCUT2D eigenvalue weighted by atomic mass is 32.2. The maximum atomic E-state index is 13.3. The third-order valence-electron chi connectivity index (χ3n) is 4.21. The van der Waals surface area contributed by atoms with E-state index in [1.54, 1.807) is 11.8 Å². The van der Waals surface area contributed by atoms with Crippen molar-refractivity contribution in [2.75, 3.05) is 38.2 Å². The van der Waals surface area contributed by atoms with E-state index in [1.165, 1.54) is 27.4 Å². The van der Waals surface area contributed by atoms with Gasteiger partial charge in [0.25, 0.3) is 0 Å². The Balaban J connectivity index is 2.02. The number of nitrogens with zero attached hydrogens (tertiary/aromatic N) is 2. The van der Waals surface area contributed by atoms with E-state index in [-0.39, 0.29) is 37.0 Å². The van der Waals surface area contributed by atoms with Crippen molar-refractivity contribution in [2.45, 2.75) is 17.4 Å². The zero-order chi connectivity index (χ0) is 20.0. The van der Waals surface area contributed by atoms with Gasteiger partial charge < -0.3 is 16.0 Å². The largest absolute Gasteiger partial charge is 0.352 e. The number of thioether (sulfide) groups is 1. The summed E-state index contributed by atoms with van der Waals surface area (Å²) in [7, 11) is -3.82. The number of nitrogens with one attached hydrogen (secondary N) is 1. The number of halogens is 1. The zero-order valence-corrected chi connectivity index (χ0v) is 16.6. The molecule has 1 heterocycles. The second kappa shape index (κ2) is 9.38. The lowest BCUT2D eigenvalue weighted by Crippen LogP contribution is -2.56. The molecule has 2 rings (SSSR count). The Morgan fingerprint density at radius 2 is 1.96 bits per heavy atom. The van der Waals surface area contributed by atoms with Gasteiger partial charge >= 0.3 is 6.03 Å². The summed E-state index contributed by atoms with van der Waals surface area (Å²) in [5.41, 5.74) is 5.14. The first-order chi connectivity index (χ1) is 12.8. The second-order valence-corrected chi connectivity index (χ2v) is 8.95. The molecule has 0 spiro atoms. The van der Waals surface area contributed by atoms with Crippen LogP contribution in [0.25, 0.3) is 0 Å². The summed E-state index contributed by atoms with van der Waals surface area (Å²) in [5, 5.41) is 2.45. The number of hydrogen-bond donors (Lipinski definition) is 2. The Kier molecular flexibility index (Phi) is 7.45. The quantitative estimate of drug-likeness (QED) is 0.668. The molecule has 1 aromatic rings. The molecule has 3 N–H and O–H groups in total. The van der Waals surface area contributed by atoms with Crippen molar-refractivity contribution in [3.05, 3.63) is 30.1 Å². The van der Waals surface area contributed by atoms with Gasteiger partial charge in [-0.05, 0) is 36.6 Å². The van der Waals surface area contributed by atoms with Crippen molar-refractivity contribution in [2.24, 2.45) is 5.73 Å². The van der Waals surface area contributed by atoms with Crippen molar-refractivity contribution in [3.8, 4) is 0 Å². The molecule has 8 nitrogen and oxygen atoms in total. The maximum absolute atomic E-state index is 13.3. The van der Waals surface area contributed by atoms with Crippen LogP contribution in [0, 0.1) is 5.82 Å². The topological polar surface area (TPSA) is 113 Å². The minimum atomic E-state index is -3.82. The van der Waals surface area contributed by atoms with Crippen LogP contribution in [-0.4, -0.2) is 73.8 Å². The number of carbonyl (C=O) groups excluding carboxylic acids is 2. The Morgan fingerprint density at radius 3 is 2.52 bits per heavy atom. The van der Waals surface area contributed by atoms with Gasteiger partial charge in [0.2, 0.25) is 15.9 Å². The molecule has 1 saturated heterocycles. The number of hydrogen-bond acceptors (Lipinski definition) is 5. The minimum Gasteiger partial charge on any atom is -0.352 e. The number of sulfonamides is 1. The number of piperazine rings is 1. The van der Waals surface area contributed by atoms with E-state index in [0.29, 0.717) is 12.2 Å². The fourth-order valence-corrected chi connectivity index (χ4v) is 4.74. The molecular formula is C16H23FN4O4S2. The number of urea groups is 1. The smallest absolute Gasteiger partial charge is 0.312 e. The summed E-state index contributed by atoms with van der Waals surface area (Å²) < 4.78 is 39.8. The van der Waals surface area contributed by atoms with Crippen LogP contribution >= 0.6 is 11.8 Å². The van der Waals surface area contributed by atoms with Gasteiger partial charge in [-0.3, -0.25) is 4.79 Å². The SMILES string of the molecule is CSCC[C@H](NC(N)=O)C(=O)N1CCN(S(=O)(=O)c2cccc(F)c2)CC1. The molecule has 11 heteroatoms. The Labute approximate surface area is 162 Å². The van der Waals surface area contributed by atoms with Gasteiger partial charge in [-0.2, -0.15) is 16.1 Å². The van der Waals surface area contributed by atoms with Gasteiger partial charge in [0.1, 0.15) is 11.9 Å². The number of nitrogens with two attached hydrogens (primary N) is 1. The first kappa shape index (κ1) is 21.5. The van der Waals surface area contributed by atoms with Gasteiger partial charge in [-0.15, -0.1) is 0 Å². The molecule has 0 saturated carbocycles. The molecule has 0 radical (unpaired) electrons. The highest BCUT2D eigenvalue weighted by molar-refractivity contribution is 7.98. The van der Waals surface area contributed by atoms with Crippen LogP contribution in [0.2, 0.25) is 0 Å². The number of rotatable bonds is 7. The zero-order valence-electron chi connectivity index (χ0n) is 14.9. The van der Waals surface area contributed by atoms with E-state index >= 15 is 0 Å². The average Bonchev–Trinajstić information content (AvgIpc) is 2.64. The lowest BCUT2D eigenvalue weighted by atomic mass is 10.2. The van der Waals surface area contributed by atoms with Crippen molar-refractivity contribution in [1.29, 1.82) is 0 Å². The first-order valence-corrected chi connectivity index (χ1v) is 11.2. The summed E-state index contributed by atoms with van der Waals surface area (Å²) in [5.74, 6) is -0.241. The molecule has 27 heavy (non-hydrogen) atoms. The van der Waals surface area contributed by atoms with Crippen molar-refractivity contribution in [3.63, 3.8) is 0 Å². The van der Waals surface area contributed by atoms with Crippen molar-refractivity contribution >= 4 is 33.7 Å². The fourth-order valence-electron chi connectivity index (χ4n) is 2.81. The van der Waals surface area contributed by atoms with Crippen LogP contribution in [0.3, 0.4) is 0 Å². The predicted molar refractivity (Wildman–Crippen MR) is 101 cm³/mol. The van der Waals surface area contributed by atoms with Crippen LogP contribution in [0.15, 0.2) is 29.2 Å². The van der Waals surface area contributed by atoms with E-state index in [1.807, 2.05) is 6.26 Å². The van der Waals surface area contributed by atoms with Crippen LogP contribution < -0.4 is 11.1 Å². The van der Waals surface area contributed by atoms with E-state index in [9.17, 15) is 22.4 Å². The molecule has 1 fully saturated rings. The molecule has 0 unspecified atom stereocenters. The lowest BCUT2D eigenvalue weighted by Gasteiger charge is -2.35. The fraction of sp³-hybridized carbons (Fsp3) is 0.500. The standard InChI is InChI=1S/C16H23FN4O4S2/c1-26-10-5-14(19-16(18)23)15(22)20-6-8-21(9-7-20)27(24,25)13-4-2-3-12(17)11-13/h2-4,11,14H,5-10H2,1H3,(H3,18,19,23)/t14-/m0/s1. The maximum Gasteiger partial charge on any atom is 0.312 e. The molecule has 0 aliphatic carbocycles. The summed E-state index contributed by atoms with van der Waals surface area (Å²) in [6.07, 6.45) is 2.33. The summed E-state index contributed by atoms with van der Waals surface area (Å²) in [6.45, 7) is 0.556. The molecule has 1 aliphatic rings. The number of amides is 3. The first-order valence-electron chi connectivity index (χ1n) is 8.35. The molecule has 0 aromatic heterocycles. The van der Waals surface area contributed by atoms with Crippen molar-refractivity contribution < 1.29 is 22.4 Å². The van der Waals surface area contributed by atoms with E-state index < -0.39 is 27.9 Å². The molecule has 150 valence electrons. The molecule has 1 aliphatic heterocycles. The van der Waals surface area contributed by atoms with E-state index in [4.69, 9.17) is 5.73 Å². The van der Waals surface area contributed by atoms with Gasteiger partial charge in [0, 0.05) is 26.2 Å². The lowest BCUT2D eigenvalue weighted by molar-refractivity contribution is -0.134. The van der Waals surface area contributed by atoms with Gasteiger partial charge in [-0.25, -0.2) is 17.6 Å². The summed E-state index contributed by atoms with van der Waals surface area (Å²) >= 11 is 1.54. The highest BCUT2D eigenvalue weighted by Gasteiger charge is 2.32. The number of carbonyl (C=O) groups is 2. The summed E-state index contributed by atoms with van der Waals surface area (Å²) in [6, 6.07) is 3.32. The average molecular weight is 419 g/mol. The molecular weight excluding hydrogens is 395 g/mol. The van der Waals surface area contributed by atoms with Crippen LogP contribution in [0.1, 0.15) is 6.42 Å². The van der Waals surface area contributed by atoms with Crippen molar-refractivity contribution in [1.82, 2.24) is 14.5 Å². The van der Waals surface area contributed by atoms with Gasteiger partial charge in [0.15, 0.2) is 0 Å². The van der Waals surface area contributed by atoms with Crippen LogP contribution in [-0.2, 0) is 14.8 Å². The Morgan fingerprint density at radius 1 is 1.30 bits per heavy atom. The molecule has 1 atom stereocenters. The second-order valence-electron chi connectivity index (χ2n) is 6.03. The predicted octanol–water partition coefficient (Wildman–Crippen LogP) is 0.449. The van der Waals surface area contributed by atoms with E-state index in [0.717, 1.165) is 6.07 Å². The third-order valence-corrected chi connectivity index (χ3v) is 6.75. The van der Waals surface area contributed by atoms with Gasteiger partial charge in [-0.1, -0.05) is 6.07 Å². The monoisotopic (exact) mass is 418 g/mol. The summed E-state index contributed by atoms with van der Waals surface area (Å²) in [4.78, 5) is 25.2. The minimum absolute atomic E-state index is 0.0937. The Bertz CT molecular complexity index is 782. The number of primary amides is 1. The van der Waals surface area contributed by atoms with Crippen LogP contribution in [0.4, 0.5) is 9.18 Å². The molecule has 1 aromatic carbocycles.